The Morgan fingerprint density at radius 3 is 2.29 bits per heavy atom. The van der Waals surface area contributed by atoms with Crippen LogP contribution in [0.5, 0.6) is 11.5 Å². The molecule has 9 nitrogen and oxygen atoms in total. The van der Waals surface area contributed by atoms with Crippen molar-refractivity contribution in [3.63, 3.8) is 0 Å². The van der Waals surface area contributed by atoms with Crippen molar-refractivity contribution < 1.29 is 32.2 Å². The van der Waals surface area contributed by atoms with Gasteiger partial charge in [-0.05, 0) is 54.8 Å². The smallest absolute Gasteiger partial charge is 0.317 e. The van der Waals surface area contributed by atoms with E-state index in [0.717, 1.165) is 22.7 Å². The molecular formula is C24H28N2O7S. The van der Waals surface area contributed by atoms with Gasteiger partial charge >= 0.3 is 5.97 Å². The van der Waals surface area contributed by atoms with E-state index in [1.165, 1.54) is 38.4 Å². The van der Waals surface area contributed by atoms with Crippen LogP contribution in [0.4, 0.5) is 5.69 Å². The fourth-order valence-corrected chi connectivity index (χ4v) is 5.22. The number of ether oxygens (including phenoxy) is 3. The SMILES string of the molecule is CN(C)S(=O)(=O)c1ccc(NC(=O)COC(=O)C2(c3ccc4c(c3)OCCO4)CCCC2)cc1. The highest BCUT2D eigenvalue weighted by atomic mass is 32.2. The van der Waals surface area contributed by atoms with Gasteiger partial charge in [0.15, 0.2) is 18.1 Å². The molecule has 1 aliphatic heterocycles. The minimum atomic E-state index is -3.56. The third-order valence-corrected chi connectivity index (χ3v) is 8.02. The minimum Gasteiger partial charge on any atom is -0.486 e. The van der Waals surface area contributed by atoms with E-state index in [4.69, 9.17) is 14.2 Å². The quantitative estimate of drug-likeness (QED) is 0.597. The lowest BCUT2D eigenvalue weighted by Crippen LogP contribution is -2.36. The molecule has 1 amide bonds. The van der Waals surface area contributed by atoms with Gasteiger partial charge in [0, 0.05) is 19.8 Å². The number of hydrogen-bond acceptors (Lipinski definition) is 7. The van der Waals surface area contributed by atoms with Crippen LogP contribution in [-0.2, 0) is 29.8 Å². The Labute approximate surface area is 199 Å². The van der Waals surface area contributed by atoms with E-state index in [2.05, 4.69) is 5.32 Å². The van der Waals surface area contributed by atoms with Crippen molar-refractivity contribution in [1.82, 2.24) is 4.31 Å². The average molecular weight is 489 g/mol. The zero-order valence-corrected chi connectivity index (χ0v) is 20.0. The Bertz CT molecular complexity index is 1170. The predicted molar refractivity (Wildman–Crippen MR) is 124 cm³/mol. The van der Waals surface area contributed by atoms with Gasteiger partial charge in [-0.3, -0.25) is 9.59 Å². The first-order valence-electron chi connectivity index (χ1n) is 11.1. The second-order valence-corrected chi connectivity index (χ2v) is 10.7. The van der Waals surface area contributed by atoms with E-state index in [9.17, 15) is 18.0 Å². The first-order chi connectivity index (χ1) is 16.2. The highest BCUT2D eigenvalue weighted by molar-refractivity contribution is 7.89. The largest absolute Gasteiger partial charge is 0.486 e. The zero-order valence-electron chi connectivity index (χ0n) is 19.2. The van der Waals surface area contributed by atoms with E-state index in [-0.39, 0.29) is 4.90 Å². The van der Waals surface area contributed by atoms with Crippen molar-refractivity contribution in [3.05, 3.63) is 48.0 Å². The summed E-state index contributed by atoms with van der Waals surface area (Å²) in [6.07, 6.45) is 3.04. The van der Waals surface area contributed by atoms with Gasteiger partial charge in [-0.25, -0.2) is 12.7 Å². The molecule has 2 aliphatic rings. The van der Waals surface area contributed by atoms with Crippen molar-refractivity contribution in [2.24, 2.45) is 0 Å². The molecule has 0 radical (unpaired) electrons. The van der Waals surface area contributed by atoms with Crippen LogP contribution in [0.3, 0.4) is 0 Å². The van der Waals surface area contributed by atoms with Gasteiger partial charge in [-0.1, -0.05) is 18.9 Å². The van der Waals surface area contributed by atoms with Gasteiger partial charge < -0.3 is 19.5 Å². The van der Waals surface area contributed by atoms with Gasteiger partial charge in [0.05, 0.1) is 10.3 Å². The number of nitrogens with one attached hydrogen (secondary N) is 1. The molecule has 10 heteroatoms. The number of hydrogen-bond donors (Lipinski definition) is 1. The summed E-state index contributed by atoms with van der Waals surface area (Å²) in [5.41, 5.74) is 0.386. The number of carbonyl (C=O) groups is 2. The van der Waals surface area contributed by atoms with Crippen molar-refractivity contribution in [2.45, 2.75) is 36.0 Å². The highest BCUT2D eigenvalue weighted by Gasteiger charge is 2.45. The summed E-state index contributed by atoms with van der Waals surface area (Å²) in [7, 11) is -0.666. The molecule has 2 aromatic rings. The molecule has 2 aromatic carbocycles. The normalized spacial score (nSPS) is 16.8. The lowest BCUT2D eigenvalue weighted by Gasteiger charge is -2.28. The Balaban J connectivity index is 1.40. The van der Waals surface area contributed by atoms with Crippen LogP contribution in [0.2, 0.25) is 0 Å². The summed E-state index contributed by atoms with van der Waals surface area (Å²) >= 11 is 0. The number of amides is 1. The summed E-state index contributed by atoms with van der Waals surface area (Å²) in [5, 5.41) is 2.63. The Morgan fingerprint density at radius 1 is 1.00 bits per heavy atom. The molecule has 0 bridgehead atoms. The predicted octanol–water partition coefficient (Wildman–Crippen LogP) is 2.70. The lowest BCUT2D eigenvalue weighted by molar-refractivity contribution is -0.153. The molecule has 0 unspecified atom stereocenters. The molecule has 1 saturated carbocycles. The summed E-state index contributed by atoms with van der Waals surface area (Å²) < 4.78 is 42.1. The third kappa shape index (κ3) is 4.74. The molecule has 182 valence electrons. The first-order valence-corrected chi connectivity index (χ1v) is 12.6. The fraction of sp³-hybridized carbons (Fsp3) is 0.417. The van der Waals surface area contributed by atoms with Crippen molar-refractivity contribution in [3.8, 4) is 11.5 Å². The molecule has 0 saturated heterocycles. The standard InChI is InChI=1S/C24H28N2O7S/c1-26(2)34(29,30)19-8-6-18(7-9-19)25-22(27)16-33-23(28)24(11-3-4-12-24)17-5-10-20-21(15-17)32-14-13-31-20/h5-10,15H,3-4,11-14,16H2,1-2H3,(H,25,27). The number of anilines is 1. The summed E-state index contributed by atoms with van der Waals surface area (Å²) in [5.74, 6) is 0.316. The molecule has 1 fully saturated rings. The number of carbonyl (C=O) groups excluding carboxylic acids is 2. The number of esters is 1. The molecule has 0 aromatic heterocycles. The van der Waals surface area contributed by atoms with Gasteiger partial charge in [-0.2, -0.15) is 0 Å². The Morgan fingerprint density at radius 2 is 1.65 bits per heavy atom. The second-order valence-electron chi connectivity index (χ2n) is 8.58. The minimum absolute atomic E-state index is 0.115. The molecular weight excluding hydrogens is 460 g/mol. The molecule has 1 heterocycles. The number of fused-ring (bicyclic) bond motifs is 1. The van der Waals surface area contributed by atoms with Crippen LogP contribution in [-0.4, -0.2) is 58.5 Å². The zero-order chi connectivity index (χ0) is 24.3. The van der Waals surface area contributed by atoms with Crippen LogP contribution in [0, 0.1) is 0 Å². The average Bonchev–Trinajstić information content (AvgIpc) is 3.34. The molecule has 1 N–H and O–H groups in total. The maximum atomic E-state index is 13.2. The van der Waals surface area contributed by atoms with Crippen LogP contribution in [0.15, 0.2) is 47.4 Å². The van der Waals surface area contributed by atoms with Crippen LogP contribution in [0.25, 0.3) is 0 Å². The maximum Gasteiger partial charge on any atom is 0.317 e. The monoisotopic (exact) mass is 488 g/mol. The van der Waals surface area contributed by atoms with Crippen molar-refractivity contribution >= 4 is 27.6 Å². The first kappa shape index (κ1) is 24.0. The summed E-state index contributed by atoms with van der Waals surface area (Å²) in [6.45, 7) is 0.502. The molecule has 0 atom stereocenters. The van der Waals surface area contributed by atoms with E-state index < -0.39 is 33.9 Å². The summed E-state index contributed by atoms with van der Waals surface area (Å²) in [4.78, 5) is 25.7. The van der Waals surface area contributed by atoms with Gasteiger partial charge in [0.2, 0.25) is 10.0 Å². The van der Waals surface area contributed by atoms with Crippen LogP contribution < -0.4 is 14.8 Å². The van der Waals surface area contributed by atoms with E-state index in [1.54, 1.807) is 0 Å². The fourth-order valence-electron chi connectivity index (χ4n) is 4.32. The number of sulfonamides is 1. The van der Waals surface area contributed by atoms with Crippen molar-refractivity contribution in [2.75, 3.05) is 39.2 Å². The van der Waals surface area contributed by atoms with Crippen molar-refractivity contribution in [1.29, 1.82) is 0 Å². The topological polar surface area (TPSA) is 111 Å². The van der Waals surface area contributed by atoms with Crippen LogP contribution in [0.1, 0.15) is 31.2 Å². The summed E-state index contributed by atoms with van der Waals surface area (Å²) in [6, 6.07) is 11.3. The third-order valence-electron chi connectivity index (χ3n) is 6.19. The number of rotatable bonds is 7. The van der Waals surface area contributed by atoms with Gasteiger partial charge in [0.25, 0.3) is 5.91 Å². The van der Waals surface area contributed by atoms with E-state index in [0.29, 0.717) is 43.2 Å². The molecule has 4 rings (SSSR count). The number of nitrogens with zero attached hydrogens (tertiary/aromatic N) is 1. The molecule has 1 aliphatic carbocycles. The highest BCUT2D eigenvalue weighted by Crippen LogP contribution is 2.45. The lowest BCUT2D eigenvalue weighted by atomic mass is 9.78. The van der Waals surface area contributed by atoms with Gasteiger partial charge in [-0.15, -0.1) is 0 Å². The molecule has 0 spiro atoms. The van der Waals surface area contributed by atoms with E-state index in [1.807, 2.05) is 18.2 Å². The van der Waals surface area contributed by atoms with E-state index >= 15 is 0 Å². The molecule has 34 heavy (non-hydrogen) atoms. The number of benzene rings is 2. The Hall–Kier alpha value is -3.11. The van der Waals surface area contributed by atoms with Gasteiger partial charge in [0.1, 0.15) is 13.2 Å². The second kappa shape index (κ2) is 9.63. The maximum absolute atomic E-state index is 13.2. The Kier molecular flexibility index (Phi) is 6.81. The van der Waals surface area contributed by atoms with Crippen LogP contribution >= 0.6 is 0 Å².